The molecule has 2 aromatic rings. The van der Waals surface area contributed by atoms with Gasteiger partial charge in [0.25, 0.3) is 20.2 Å². The first-order valence-corrected chi connectivity index (χ1v) is 22.1. The molecule has 2 N–H and O–H groups in total. The van der Waals surface area contributed by atoms with Crippen LogP contribution < -0.4 is 5.48 Å². The molecule has 54 heavy (non-hydrogen) atoms. The molecule has 0 bridgehead atoms. The number of fused-ring (bicyclic) bond motifs is 6. The lowest BCUT2D eigenvalue weighted by Crippen LogP contribution is -2.33. The van der Waals surface area contributed by atoms with Crippen LogP contribution in [0.25, 0.3) is 12.2 Å². The number of hydrogen-bond donors (Lipinski definition) is 2. The molecule has 1 saturated heterocycles. The van der Waals surface area contributed by atoms with Crippen LogP contribution in [0.1, 0.15) is 81.5 Å². The predicted octanol–water partition coefficient (Wildman–Crippen LogP) is 7.27. The Labute approximate surface area is 322 Å². The monoisotopic (exact) mass is 772 g/mol. The van der Waals surface area contributed by atoms with Gasteiger partial charge in [0, 0.05) is 42.6 Å². The molecule has 4 unspecified atom stereocenters. The van der Waals surface area contributed by atoms with Gasteiger partial charge in [0.15, 0.2) is 11.8 Å². The van der Waals surface area contributed by atoms with Gasteiger partial charge in [-0.2, -0.15) is 26.6 Å². The highest BCUT2D eigenvalue weighted by atomic mass is 32.2. The Balaban J connectivity index is 1.23. The minimum absolute atomic E-state index is 0.0785. The third-order valence-corrected chi connectivity index (χ3v) is 13.3. The summed E-state index contributed by atoms with van der Waals surface area (Å²) < 4.78 is 64.7. The van der Waals surface area contributed by atoms with Crippen molar-refractivity contribution in [1.82, 2.24) is 10.4 Å². The average Bonchev–Trinajstić information content (AvgIpc) is 3.48. The zero-order chi connectivity index (χ0) is 38.7. The Bertz CT molecular complexity index is 2160. The van der Waals surface area contributed by atoms with Crippen molar-refractivity contribution in [2.75, 3.05) is 31.1 Å². The van der Waals surface area contributed by atoms with Crippen LogP contribution in [0.2, 0.25) is 0 Å². The van der Waals surface area contributed by atoms with E-state index in [1.54, 1.807) is 6.92 Å². The van der Waals surface area contributed by atoms with Gasteiger partial charge in [0.2, 0.25) is 0 Å². The molecule has 2 aliphatic heterocycles. The van der Waals surface area contributed by atoms with Gasteiger partial charge in [-0.3, -0.25) is 4.55 Å². The molecule has 1 fully saturated rings. The molecule has 0 saturated carbocycles. The molecular weight excluding hydrogens is 719 g/mol. The zero-order valence-electron chi connectivity index (χ0n) is 31.9. The van der Waals surface area contributed by atoms with Crippen molar-refractivity contribution in [1.29, 1.82) is 0 Å². The van der Waals surface area contributed by atoms with E-state index in [4.69, 9.17) is 4.28 Å². The van der Waals surface area contributed by atoms with E-state index in [1.165, 1.54) is 22.3 Å². The fourth-order valence-corrected chi connectivity index (χ4v) is 10.5. The van der Waals surface area contributed by atoms with E-state index >= 15 is 0 Å². The van der Waals surface area contributed by atoms with Crippen molar-refractivity contribution in [3.63, 3.8) is 0 Å². The van der Waals surface area contributed by atoms with Gasteiger partial charge in [-0.25, -0.2) is 4.58 Å². The van der Waals surface area contributed by atoms with Crippen molar-refractivity contribution in [3.05, 3.63) is 131 Å². The Hall–Kier alpha value is -3.87. The molecule has 2 aliphatic carbocycles. The molecule has 2 aromatic carbocycles. The maximum absolute atomic E-state index is 12.5. The molecule has 9 nitrogen and oxygen atoms in total. The summed E-state index contributed by atoms with van der Waals surface area (Å²) in [5, 5.41) is 0. The van der Waals surface area contributed by atoms with Crippen molar-refractivity contribution < 1.29 is 30.2 Å². The molecule has 288 valence electrons. The molecule has 4 atom stereocenters. The second-order valence-electron chi connectivity index (χ2n) is 15.6. The minimum Gasteiger partial charge on any atom is -0.367 e. The van der Waals surface area contributed by atoms with E-state index < -0.39 is 20.2 Å². The Morgan fingerprint density at radius 3 is 2.13 bits per heavy atom. The summed E-state index contributed by atoms with van der Waals surface area (Å²) >= 11 is 0. The zero-order valence-corrected chi connectivity index (χ0v) is 33.6. The van der Waals surface area contributed by atoms with Crippen molar-refractivity contribution in [3.8, 4) is 0 Å². The first-order chi connectivity index (χ1) is 25.7. The van der Waals surface area contributed by atoms with Gasteiger partial charge in [-0.05, 0) is 54.7 Å². The van der Waals surface area contributed by atoms with Crippen LogP contribution in [0.5, 0.6) is 0 Å². The number of likely N-dealkylation sites (tertiary alicyclic amines) is 1. The van der Waals surface area contributed by atoms with Gasteiger partial charge >= 0.3 is 0 Å². The van der Waals surface area contributed by atoms with Crippen LogP contribution in [0.4, 0.5) is 0 Å². The van der Waals surface area contributed by atoms with Gasteiger partial charge in [-0.1, -0.05) is 118 Å². The van der Waals surface area contributed by atoms with Crippen molar-refractivity contribution in [2.45, 2.75) is 71.4 Å². The second-order valence-corrected chi connectivity index (χ2v) is 18.9. The van der Waals surface area contributed by atoms with Gasteiger partial charge in [-0.15, -0.1) is 0 Å². The van der Waals surface area contributed by atoms with Crippen LogP contribution in [-0.2, 0) is 24.5 Å². The molecule has 0 radical (unpaired) electrons. The Morgan fingerprint density at radius 2 is 1.44 bits per heavy atom. The van der Waals surface area contributed by atoms with Gasteiger partial charge in [0.1, 0.15) is 6.54 Å². The summed E-state index contributed by atoms with van der Waals surface area (Å²) in [7, 11) is -7.74. The number of nitrogens with zero attached hydrogens (tertiary/aromatic N) is 2. The number of hydroxylamine groups is 1. The first kappa shape index (κ1) is 39.8. The number of allylic oxidation sites excluding steroid dienone is 8. The summed E-state index contributed by atoms with van der Waals surface area (Å²) in [5.41, 5.74) is 9.33. The molecule has 0 amide bonds. The molecule has 11 heteroatoms. The van der Waals surface area contributed by atoms with E-state index in [0.29, 0.717) is 32.5 Å². The summed E-state index contributed by atoms with van der Waals surface area (Å²) in [4.78, 5) is 2.36. The van der Waals surface area contributed by atoms with Crippen molar-refractivity contribution in [2.24, 2.45) is 10.8 Å². The third-order valence-electron chi connectivity index (χ3n) is 11.4. The van der Waals surface area contributed by atoms with E-state index in [1.807, 2.05) is 24.3 Å². The van der Waals surface area contributed by atoms with E-state index in [-0.39, 0.29) is 46.3 Å². The normalized spacial score (nSPS) is 24.9. The maximum atomic E-state index is 12.5. The lowest BCUT2D eigenvalue weighted by Gasteiger charge is -2.32. The first-order valence-electron chi connectivity index (χ1n) is 18.9. The van der Waals surface area contributed by atoms with Crippen LogP contribution in [0, 0.1) is 10.8 Å². The predicted molar refractivity (Wildman–Crippen MR) is 218 cm³/mol. The Morgan fingerprint density at radius 1 is 0.815 bits per heavy atom. The lowest BCUT2D eigenvalue weighted by molar-refractivity contribution is -0.548. The third kappa shape index (κ3) is 8.35. The molecule has 2 heterocycles. The SMILES string of the molecule is CCNOS(=O)(=O)CCCN1C(=CC=CC=CC=CC2=[N+](CCCS(=O)(=O)O)C3C=Cc4ccccc4C3C2(C)C)C(C)(C)C2c3ccccc3C=CC21. The largest absolute Gasteiger partial charge is 0.367 e. The molecule has 0 aromatic heterocycles. The lowest BCUT2D eigenvalue weighted by atomic mass is 9.68. The van der Waals surface area contributed by atoms with Crippen LogP contribution in [0.3, 0.4) is 0 Å². The van der Waals surface area contributed by atoms with Crippen LogP contribution in [0.15, 0.2) is 109 Å². The van der Waals surface area contributed by atoms with Crippen LogP contribution >= 0.6 is 0 Å². The number of rotatable bonds is 15. The Kier molecular flexibility index (Phi) is 11.9. The summed E-state index contributed by atoms with van der Waals surface area (Å²) in [6, 6.07) is 17.2. The average molecular weight is 773 g/mol. The molecule has 4 aliphatic rings. The highest BCUT2D eigenvalue weighted by Gasteiger charge is 2.55. The molecule has 6 rings (SSSR count). The second kappa shape index (κ2) is 16.1. The topological polar surface area (TPSA) is 116 Å². The number of benzene rings is 2. The quantitative estimate of drug-likeness (QED) is 0.0841. The van der Waals surface area contributed by atoms with Gasteiger partial charge in [0.05, 0.1) is 28.9 Å². The molecule has 0 spiro atoms. The minimum atomic E-state index is -4.05. The maximum Gasteiger partial charge on any atom is 0.283 e. The summed E-state index contributed by atoms with van der Waals surface area (Å²) in [5.74, 6) is 0.0548. The van der Waals surface area contributed by atoms with Crippen molar-refractivity contribution >= 4 is 38.1 Å². The number of nitrogens with one attached hydrogen (secondary N) is 1. The fourth-order valence-electron chi connectivity index (χ4n) is 9.13. The van der Waals surface area contributed by atoms with E-state index in [9.17, 15) is 21.4 Å². The summed E-state index contributed by atoms with van der Waals surface area (Å²) in [6.45, 7) is 12.3. The number of hydrogen-bond acceptors (Lipinski definition) is 7. The van der Waals surface area contributed by atoms with Crippen LogP contribution in [-0.4, -0.2) is 79.8 Å². The van der Waals surface area contributed by atoms with E-state index in [0.717, 1.165) is 11.4 Å². The standard InChI is InChI=1S/C43H53N3O6S2/c1-6-44-52-54(50,51)31-17-29-46-37-27-25-33-19-13-15-21-35(33)41(37)43(4,5)39(46)23-11-9-7-8-10-22-38-42(2,3)40-34-20-14-12-18-32(34)24-26-36(40)45(38)28-16-30-53(47,48)49/h7-15,18-27,36-37,40-41,44H,6,16-17,28-31H2,1-5H3/p+1. The summed E-state index contributed by atoms with van der Waals surface area (Å²) in [6.07, 6.45) is 24.0. The fraction of sp³-hybridized carbons (Fsp3) is 0.419. The smallest absolute Gasteiger partial charge is 0.283 e. The molecular formula is C43H54N3O6S2+. The van der Waals surface area contributed by atoms with E-state index in [2.05, 4.69) is 134 Å². The van der Waals surface area contributed by atoms with Gasteiger partial charge < -0.3 is 4.90 Å². The highest BCUT2D eigenvalue weighted by Crippen LogP contribution is 2.56. The highest BCUT2D eigenvalue weighted by molar-refractivity contribution is 7.86.